The number of aromatic nitrogens is 2. The van der Waals surface area contributed by atoms with Crippen LogP contribution in [0.4, 0.5) is 22.9 Å². The van der Waals surface area contributed by atoms with Gasteiger partial charge in [-0.1, -0.05) is 18.2 Å². The van der Waals surface area contributed by atoms with Crippen molar-refractivity contribution in [2.75, 3.05) is 22.1 Å². The topological polar surface area (TPSA) is 96.5 Å². The summed E-state index contributed by atoms with van der Waals surface area (Å²) in [6, 6.07) is 24.8. The number of hydrogen-bond donors (Lipinski definition) is 2. The summed E-state index contributed by atoms with van der Waals surface area (Å²) in [4.78, 5) is 13.7. The van der Waals surface area contributed by atoms with E-state index in [-0.39, 0.29) is 5.75 Å². The van der Waals surface area contributed by atoms with E-state index in [9.17, 15) is 14.4 Å². The van der Waals surface area contributed by atoms with Crippen molar-refractivity contribution in [3.8, 4) is 6.07 Å². The van der Waals surface area contributed by atoms with Gasteiger partial charge < -0.3 is 9.80 Å². The highest BCUT2D eigenvalue weighted by Crippen LogP contribution is 2.56. The zero-order valence-electron chi connectivity index (χ0n) is 18.3. The Kier molecular flexibility index (Phi) is 5.90. The molecule has 170 valence electrons. The fourth-order valence-electron chi connectivity index (χ4n) is 4.15. The van der Waals surface area contributed by atoms with Crippen LogP contribution >= 0.6 is 10.6 Å². The highest BCUT2D eigenvalue weighted by Gasteiger charge is 2.31. The minimum atomic E-state index is -2.83. The molecule has 2 aromatic heterocycles. The van der Waals surface area contributed by atoms with Crippen LogP contribution in [0.3, 0.4) is 0 Å². The molecular formula is C26H23N5O2S. The standard InChI is InChI=1S/C26H23N5O2S/c27-17-20-9-11-22(12-10-20)31(23-6-4-13-28-18-23)19-21-5-3-14-29-26(21)30-15-16-34(32,33)25-8-2-1-7-24(25)30/h1-14,18,32-33H,15-16,19H2. The van der Waals surface area contributed by atoms with Gasteiger partial charge in [-0.15, -0.1) is 0 Å². The van der Waals surface area contributed by atoms with Gasteiger partial charge in [0, 0.05) is 30.2 Å². The van der Waals surface area contributed by atoms with Crippen LogP contribution in [0, 0.1) is 11.3 Å². The lowest BCUT2D eigenvalue weighted by molar-refractivity contribution is 0.483. The lowest BCUT2D eigenvalue weighted by atomic mass is 10.1. The van der Waals surface area contributed by atoms with Gasteiger partial charge >= 0.3 is 0 Å². The van der Waals surface area contributed by atoms with Crippen LogP contribution in [0.15, 0.2) is 96.3 Å². The quantitative estimate of drug-likeness (QED) is 0.373. The zero-order valence-corrected chi connectivity index (χ0v) is 19.1. The molecule has 2 N–H and O–H groups in total. The molecule has 7 nitrogen and oxygen atoms in total. The smallest absolute Gasteiger partial charge is 0.138 e. The zero-order chi connectivity index (χ0) is 23.5. The van der Waals surface area contributed by atoms with Crippen LogP contribution < -0.4 is 9.80 Å². The molecule has 3 heterocycles. The third-order valence-corrected chi connectivity index (χ3v) is 7.63. The molecule has 0 radical (unpaired) electrons. The Balaban J connectivity index is 1.56. The van der Waals surface area contributed by atoms with Gasteiger partial charge in [0.2, 0.25) is 0 Å². The first-order valence-electron chi connectivity index (χ1n) is 10.8. The van der Waals surface area contributed by atoms with Gasteiger partial charge in [0.05, 0.1) is 46.4 Å². The average Bonchev–Trinajstić information content (AvgIpc) is 2.88. The Morgan fingerprint density at radius 2 is 1.74 bits per heavy atom. The SMILES string of the molecule is N#Cc1ccc(N(Cc2cccnc2N2CCS(O)(O)c3ccccc32)c2cccnc2)cc1. The summed E-state index contributed by atoms with van der Waals surface area (Å²) in [5.41, 5.74) is 4.18. The first-order valence-corrected chi connectivity index (χ1v) is 12.5. The maximum atomic E-state index is 10.6. The van der Waals surface area contributed by atoms with Crippen LogP contribution in [0.1, 0.15) is 11.1 Å². The minimum absolute atomic E-state index is 0.252. The molecule has 0 spiro atoms. The Morgan fingerprint density at radius 1 is 0.941 bits per heavy atom. The monoisotopic (exact) mass is 469 g/mol. The second kappa shape index (κ2) is 9.15. The minimum Gasteiger partial charge on any atom is -0.336 e. The lowest BCUT2D eigenvalue weighted by Gasteiger charge is -2.43. The molecule has 34 heavy (non-hydrogen) atoms. The molecule has 0 aliphatic carbocycles. The van der Waals surface area contributed by atoms with Gasteiger partial charge in [-0.05, 0) is 54.6 Å². The van der Waals surface area contributed by atoms with Gasteiger partial charge in [0.15, 0.2) is 0 Å². The van der Waals surface area contributed by atoms with Gasteiger partial charge in [0.25, 0.3) is 0 Å². The van der Waals surface area contributed by atoms with Gasteiger partial charge in [-0.3, -0.25) is 14.1 Å². The van der Waals surface area contributed by atoms with Crippen molar-refractivity contribution in [3.63, 3.8) is 0 Å². The molecule has 1 aliphatic heterocycles. The molecule has 0 saturated carbocycles. The molecule has 0 fully saturated rings. The predicted octanol–water partition coefficient (Wildman–Crippen LogP) is 5.95. The van der Waals surface area contributed by atoms with Crippen molar-refractivity contribution < 1.29 is 9.11 Å². The Morgan fingerprint density at radius 3 is 2.50 bits per heavy atom. The van der Waals surface area contributed by atoms with Crippen molar-refractivity contribution in [1.29, 1.82) is 5.26 Å². The summed E-state index contributed by atoms with van der Waals surface area (Å²) in [6.07, 6.45) is 5.29. The van der Waals surface area contributed by atoms with Gasteiger partial charge in [0.1, 0.15) is 5.82 Å². The number of benzene rings is 2. The lowest BCUT2D eigenvalue weighted by Crippen LogP contribution is -2.31. The Labute approximate surface area is 199 Å². The summed E-state index contributed by atoms with van der Waals surface area (Å²) in [5, 5.41) is 9.20. The summed E-state index contributed by atoms with van der Waals surface area (Å²) in [6.45, 7) is 0.961. The molecule has 0 atom stereocenters. The van der Waals surface area contributed by atoms with E-state index in [0.717, 1.165) is 28.4 Å². The third kappa shape index (κ3) is 4.20. The molecule has 1 aliphatic rings. The van der Waals surface area contributed by atoms with Crippen LogP contribution in [-0.2, 0) is 6.54 Å². The van der Waals surface area contributed by atoms with Gasteiger partial charge in [-0.25, -0.2) is 4.98 Å². The fourth-order valence-corrected chi connectivity index (χ4v) is 5.62. The van der Waals surface area contributed by atoms with Crippen molar-refractivity contribution >= 4 is 33.5 Å². The molecular weight excluding hydrogens is 446 g/mol. The first-order chi connectivity index (χ1) is 16.6. The fraction of sp³-hybridized carbons (Fsp3) is 0.115. The van der Waals surface area contributed by atoms with E-state index >= 15 is 0 Å². The Hall–Kier alpha value is -3.90. The van der Waals surface area contributed by atoms with Crippen molar-refractivity contribution in [3.05, 3.63) is 103 Å². The van der Waals surface area contributed by atoms with Crippen molar-refractivity contribution in [2.24, 2.45) is 0 Å². The molecule has 8 heteroatoms. The normalized spacial score (nSPS) is 15.1. The van der Waals surface area contributed by atoms with E-state index in [4.69, 9.17) is 4.98 Å². The number of nitrogens with zero attached hydrogens (tertiary/aromatic N) is 5. The summed E-state index contributed by atoms with van der Waals surface area (Å²) < 4.78 is 21.2. The van der Waals surface area contributed by atoms with E-state index in [0.29, 0.717) is 23.5 Å². The predicted molar refractivity (Wildman–Crippen MR) is 135 cm³/mol. The van der Waals surface area contributed by atoms with E-state index in [1.54, 1.807) is 36.8 Å². The number of fused-ring (bicyclic) bond motifs is 1. The highest BCUT2D eigenvalue weighted by atomic mass is 32.3. The molecule has 0 unspecified atom stereocenters. The first kappa shape index (κ1) is 21.9. The van der Waals surface area contributed by atoms with Crippen LogP contribution in [0.2, 0.25) is 0 Å². The van der Waals surface area contributed by atoms with Crippen LogP contribution in [-0.4, -0.2) is 31.4 Å². The summed E-state index contributed by atoms with van der Waals surface area (Å²) in [7, 11) is -2.83. The third-order valence-electron chi connectivity index (χ3n) is 5.83. The average molecular weight is 470 g/mol. The largest absolute Gasteiger partial charge is 0.336 e. The van der Waals surface area contributed by atoms with Gasteiger partial charge in [-0.2, -0.15) is 15.9 Å². The van der Waals surface area contributed by atoms with Crippen molar-refractivity contribution in [1.82, 2.24) is 9.97 Å². The maximum absolute atomic E-state index is 10.6. The van der Waals surface area contributed by atoms with E-state index in [2.05, 4.69) is 20.9 Å². The number of rotatable bonds is 5. The highest BCUT2D eigenvalue weighted by molar-refractivity contribution is 8.24. The van der Waals surface area contributed by atoms with E-state index in [1.165, 1.54) is 0 Å². The van der Waals surface area contributed by atoms with Crippen molar-refractivity contribution in [2.45, 2.75) is 11.4 Å². The second-order valence-electron chi connectivity index (χ2n) is 7.93. The number of pyridine rings is 2. The number of para-hydroxylation sites is 1. The molecule has 5 rings (SSSR count). The molecule has 2 aromatic carbocycles. The number of anilines is 4. The van der Waals surface area contributed by atoms with Crippen LogP contribution in [0.25, 0.3) is 0 Å². The summed E-state index contributed by atoms with van der Waals surface area (Å²) >= 11 is 0. The number of nitriles is 1. The van der Waals surface area contributed by atoms with E-state index < -0.39 is 10.6 Å². The second-order valence-corrected chi connectivity index (χ2v) is 10.1. The van der Waals surface area contributed by atoms with Crippen LogP contribution in [0.5, 0.6) is 0 Å². The molecule has 0 amide bonds. The van der Waals surface area contributed by atoms with E-state index in [1.807, 2.05) is 54.6 Å². The summed E-state index contributed by atoms with van der Waals surface area (Å²) in [5.74, 6) is 1.02. The Bertz CT molecular complexity index is 1340. The molecule has 4 aromatic rings. The maximum Gasteiger partial charge on any atom is 0.138 e. The molecule has 0 saturated heterocycles. The molecule has 0 bridgehead atoms. The number of hydrogen-bond acceptors (Lipinski definition) is 7.